The van der Waals surface area contributed by atoms with E-state index in [9.17, 15) is 9.59 Å². The van der Waals surface area contributed by atoms with Crippen molar-refractivity contribution in [3.05, 3.63) is 0 Å². The molecule has 0 aromatic heterocycles. The van der Waals surface area contributed by atoms with Crippen LogP contribution in [0.3, 0.4) is 0 Å². The maximum Gasteiger partial charge on any atom is 0.315 e. The van der Waals surface area contributed by atoms with Crippen molar-refractivity contribution in [1.82, 2.24) is 20.9 Å². The summed E-state index contributed by atoms with van der Waals surface area (Å²) in [5.74, 6) is 1.01. The van der Waals surface area contributed by atoms with Crippen LogP contribution in [-0.4, -0.2) is 101 Å². The largest absolute Gasteiger partial charge is 0.377 e. The summed E-state index contributed by atoms with van der Waals surface area (Å²) in [5, 5.41) is 12.7. The van der Waals surface area contributed by atoms with Crippen LogP contribution >= 0.6 is 11.8 Å². The van der Waals surface area contributed by atoms with Crippen molar-refractivity contribution in [3.8, 4) is 0 Å². The summed E-state index contributed by atoms with van der Waals surface area (Å²) >= 11 is 1.90. The quantitative estimate of drug-likeness (QED) is 0.0836. The summed E-state index contributed by atoms with van der Waals surface area (Å²) in [4.78, 5) is 26.2. The van der Waals surface area contributed by atoms with Crippen molar-refractivity contribution >= 4 is 23.7 Å². The molecule has 188 valence electrons. The lowest BCUT2D eigenvalue weighted by atomic mass is 10.0. The van der Waals surface area contributed by atoms with E-state index >= 15 is 0 Å². The first-order valence-electron chi connectivity index (χ1n) is 11.5. The average Bonchev–Trinajstić information content (AvgIpc) is 3.35. The number of thioether (sulfide) groups is 1. The number of rotatable bonds is 20. The first-order chi connectivity index (χ1) is 16.2. The summed E-state index contributed by atoms with van der Waals surface area (Å²) < 4.78 is 21.4. The Morgan fingerprint density at radius 1 is 1.03 bits per heavy atom. The molecule has 0 aromatic carbocycles. The lowest BCUT2D eigenvalue weighted by molar-refractivity contribution is -0.121. The van der Waals surface area contributed by atoms with E-state index in [0.717, 1.165) is 25.0 Å². The summed E-state index contributed by atoms with van der Waals surface area (Å²) in [5.41, 5.74) is 6.49. The van der Waals surface area contributed by atoms with Gasteiger partial charge < -0.3 is 34.9 Å². The molecule has 2 aliphatic rings. The smallest absolute Gasteiger partial charge is 0.315 e. The van der Waals surface area contributed by atoms with Crippen LogP contribution in [0.2, 0.25) is 0 Å². The third kappa shape index (κ3) is 12.3. The van der Waals surface area contributed by atoms with Crippen molar-refractivity contribution in [3.63, 3.8) is 0 Å². The molecule has 33 heavy (non-hydrogen) atoms. The van der Waals surface area contributed by atoms with Gasteiger partial charge in [0.15, 0.2) is 0 Å². The fraction of sp³-hybridized carbons (Fsp3) is 0.900. The van der Waals surface area contributed by atoms with Gasteiger partial charge in [-0.15, -0.1) is 0 Å². The zero-order valence-electron chi connectivity index (χ0n) is 19.1. The fourth-order valence-electron chi connectivity index (χ4n) is 3.54. The van der Waals surface area contributed by atoms with Crippen LogP contribution in [0.25, 0.3) is 0 Å². The number of urea groups is 1. The lowest BCUT2D eigenvalue weighted by Crippen LogP contribution is -2.36. The van der Waals surface area contributed by atoms with Gasteiger partial charge in [-0.2, -0.15) is 11.8 Å². The first-order valence-corrected chi connectivity index (χ1v) is 12.5. The summed E-state index contributed by atoms with van der Waals surface area (Å²) in [6.07, 6.45) is 3.36. The van der Waals surface area contributed by atoms with Gasteiger partial charge in [0, 0.05) is 24.0 Å². The molecule has 3 amide bonds. The highest BCUT2D eigenvalue weighted by molar-refractivity contribution is 8.00. The minimum atomic E-state index is -0.0580. The van der Waals surface area contributed by atoms with Gasteiger partial charge in [0.2, 0.25) is 10.8 Å². The van der Waals surface area contributed by atoms with Gasteiger partial charge >= 0.3 is 6.03 Å². The van der Waals surface area contributed by atoms with E-state index in [-0.39, 0.29) is 24.0 Å². The Hall–Kier alpha value is -1.76. The normalized spacial score (nSPS) is 21.2. The molecule has 0 radical (unpaired) electrons. The molecular weight excluding hydrogens is 452 g/mol. The zero-order valence-corrected chi connectivity index (χ0v) is 19.9. The number of ether oxygens (including phenoxy) is 4. The van der Waals surface area contributed by atoms with Crippen LogP contribution in [-0.2, 0) is 23.7 Å². The second-order valence-corrected chi connectivity index (χ2v) is 8.90. The van der Waals surface area contributed by atoms with Gasteiger partial charge in [0.1, 0.15) is 17.2 Å². The van der Waals surface area contributed by atoms with Crippen LogP contribution in [0.4, 0.5) is 4.79 Å². The fourth-order valence-corrected chi connectivity index (χ4v) is 5.09. The third-order valence-electron chi connectivity index (χ3n) is 5.17. The van der Waals surface area contributed by atoms with Crippen LogP contribution in [0.5, 0.6) is 0 Å². The second kappa shape index (κ2) is 17.7. The minimum absolute atomic E-state index is 0.0459. The van der Waals surface area contributed by atoms with E-state index in [0.29, 0.717) is 77.6 Å². The molecule has 13 heteroatoms. The van der Waals surface area contributed by atoms with Crippen molar-refractivity contribution in [2.75, 3.05) is 71.7 Å². The Labute approximate surface area is 198 Å². The highest BCUT2D eigenvalue weighted by Gasteiger charge is 2.42. The van der Waals surface area contributed by atoms with Gasteiger partial charge in [-0.25, -0.2) is 4.79 Å². The van der Waals surface area contributed by atoms with Gasteiger partial charge in [-0.1, -0.05) is 6.42 Å². The van der Waals surface area contributed by atoms with Gasteiger partial charge in [-0.3, -0.25) is 4.79 Å². The molecule has 4 N–H and O–H groups in total. The molecule has 0 saturated carbocycles. The van der Waals surface area contributed by atoms with E-state index in [1.54, 1.807) is 0 Å². The number of fused-ring (bicyclic) bond motifs is 1. The predicted octanol–water partition coefficient (Wildman–Crippen LogP) is 0.445. The Morgan fingerprint density at radius 2 is 1.70 bits per heavy atom. The molecule has 0 bridgehead atoms. The molecule has 0 aliphatic carbocycles. The highest BCUT2D eigenvalue weighted by Crippen LogP contribution is 2.33. The van der Waals surface area contributed by atoms with Crippen LogP contribution < -0.4 is 20.9 Å². The standard InChI is InChI=1S/C20H36N6O6S/c21-26-23-6-8-30-10-12-32-14-13-31-11-9-29-7-5-22-18(27)4-2-1-3-17-19-16(15-33-17)24-20(28)25-19/h16-17,19,21H,1-15H2,(H2-,22,24,25,27,28)/p+1. The highest BCUT2D eigenvalue weighted by atomic mass is 32.2. The molecule has 2 aliphatic heterocycles. The zero-order chi connectivity index (χ0) is 23.6. The molecule has 2 saturated heterocycles. The Kier molecular flexibility index (Phi) is 14.7. The maximum absolute atomic E-state index is 11.9. The number of nitrogens with zero attached hydrogens (tertiary/aromatic N) is 2. The molecule has 2 fully saturated rings. The summed E-state index contributed by atoms with van der Waals surface area (Å²) in [7, 11) is 0. The second-order valence-electron chi connectivity index (χ2n) is 7.63. The predicted molar refractivity (Wildman–Crippen MR) is 122 cm³/mol. The van der Waals surface area contributed by atoms with Crippen LogP contribution in [0.15, 0.2) is 5.11 Å². The van der Waals surface area contributed by atoms with Crippen molar-refractivity contribution in [2.24, 2.45) is 5.11 Å². The van der Waals surface area contributed by atoms with Crippen molar-refractivity contribution in [1.29, 1.82) is 5.53 Å². The molecule has 3 unspecified atom stereocenters. The average molecular weight is 490 g/mol. The van der Waals surface area contributed by atoms with Crippen LogP contribution in [0.1, 0.15) is 25.7 Å². The summed E-state index contributed by atoms with van der Waals surface area (Å²) in [6, 6.07) is 0.426. The number of carbonyl (C=O) groups is 2. The number of hydrogen-bond donors (Lipinski definition) is 4. The minimum Gasteiger partial charge on any atom is -0.377 e. The number of amides is 3. The van der Waals surface area contributed by atoms with Gasteiger partial charge in [0.25, 0.3) is 0 Å². The van der Waals surface area contributed by atoms with E-state index in [4.69, 9.17) is 24.5 Å². The third-order valence-corrected chi connectivity index (χ3v) is 6.68. The SMILES string of the molecule is N=[N+]=NCCOCCOCCOCCOCCNC(=O)CCCCC1SCC2NC(=O)NC21. The number of unbranched alkanes of at least 4 members (excludes halogenated alkanes) is 1. The van der Waals surface area contributed by atoms with Gasteiger partial charge in [0.05, 0.1) is 64.9 Å². The molecule has 3 atom stereocenters. The van der Waals surface area contributed by atoms with Crippen LogP contribution in [0, 0.1) is 5.53 Å². The van der Waals surface area contributed by atoms with Crippen molar-refractivity contribution in [2.45, 2.75) is 43.0 Å². The first kappa shape index (κ1) is 27.5. The van der Waals surface area contributed by atoms with Crippen molar-refractivity contribution < 1.29 is 28.5 Å². The number of carbonyl (C=O) groups excluding carboxylic acids is 2. The topological polar surface area (TPSA) is 157 Å². The molecule has 2 heterocycles. The van der Waals surface area contributed by atoms with E-state index in [2.05, 4.69) is 26.0 Å². The molecule has 12 nitrogen and oxygen atoms in total. The molecular formula is C20H37N6O6S+. The Morgan fingerprint density at radius 3 is 2.39 bits per heavy atom. The Bertz CT molecular complexity index is 624. The Balaban J connectivity index is 1.28. The monoisotopic (exact) mass is 489 g/mol. The van der Waals surface area contributed by atoms with Gasteiger partial charge in [-0.05, 0) is 12.8 Å². The number of hydrogen-bond acceptors (Lipinski definition) is 9. The molecule has 0 aromatic rings. The summed E-state index contributed by atoms with van der Waals surface area (Å²) in [6.45, 7) is 4.63. The van der Waals surface area contributed by atoms with E-state index < -0.39 is 0 Å². The molecule has 2 rings (SSSR count). The van der Waals surface area contributed by atoms with E-state index in [1.165, 1.54) is 0 Å². The maximum atomic E-state index is 11.9. The molecule has 0 spiro atoms. The number of nitrogens with one attached hydrogen (secondary N) is 4. The lowest BCUT2D eigenvalue weighted by Gasteiger charge is -2.16. The van der Waals surface area contributed by atoms with E-state index in [1.807, 2.05) is 11.8 Å².